The van der Waals surface area contributed by atoms with Crippen LogP contribution in [0.5, 0.6) is 5.75 Å². The molecule has 3 nitrogen and oxygen atoms in total. The second-order valence-electron chi connectivity index (χ2n) is 5.00. The molecule has 94 valence electrons. The molecule has 2 N–H and O–H groups in total. The number of nitrogens with one attached hydrogen (secondary N) is 1. The van der Waals surface area contributed by atoms with Crippen LogP contribution in [-0.4, -0.2) is 22.3 Å². The molecular formula is C15H18N2O. The van der Waals surface area contributed by atoms with Crippen molar-refractivity contribution < 1.29 is 5.11 Å². The molecule has 0 aliphatic heterocycles. The van der Waals surface area contributed by atoms with E-state index in [2.05, 4.69) is 9.98 Å². The van der Waals surface area contributed by atoms with Crippen LogP contribution in [0, 0.1) is 0 Å². The van der Waals surface area contributed by atoms with Gasteiger partial charge in [-0.1, -0.05) is 31.4 Å². The molecule has 3 heteroatoms. The lowest BCUT2D eigenvalue weighted by atomic mass is 9.96. The van der Waals surface area contributed by atoms with E-state index in [0.29, 0.717) is 11.8 Å². The van der Waals surface area contributed by atoms with Gasteiger partial charge in [0.05, 0.1) is 11.7 Å². The van der Waals surface area contributed by atoms with E-state index in [4.69, 9.17) is 0 Å². The number of aromatic amines is 1. The molecule has 18 heavy (non-hydrogen) atoms. The number of aromatic hydroxyl groups is 1. The van der Waals surface area contributed by atoms with E-state index in [-0.39, 0.29) is 0 Å². The third kappa shape index (κ3) is 2.13. The van der Waals surface area contributed by atoms with Gasteiger partial charge in [0.2, 0.25) is 0 Å². The zero-order chi connectivity index (χ0) is 12.4. The Bertz CT molecular complexity index is 565. The molecule has 1 aromatic heterocycles. The molecule has 1 fully saturated rings. The van der Waals surface area contributed by atoms with Crippen LogP contribution >= 0.6 is 0 Å². The summed E-state index contributed by atoms with van der Waals surface area (Å²) in [6, 6.07) is 8.20. The molecule has 1 aliphatic carbocycles. The van der Waals surface area contributed by atoms with Crippen molar-refractivity contribution >= 4 is 17.1 Å². The second kappa shape index (κ2) is 4.84. The Kier molecular flexibility index (Phi) is 3.05. The number of aliphatic imine (C=N–C) groups is 1. The number of nitrogens with zero attached hydrogens (tertiary/aromatic N) is 1. The summed E-state index contributed by atoms with van der Waals surface area (Å²) in [5, 5.41) is 11.0. The molecule has 1 aliphatic rings. The van der Waals surface area contributed by atoms with Crippen molar-refractivity contribution in [3.05, 3.63) is 30.0 Å². The molecule has 2 aromatic rings. The van der Waals surface area contributed by atoms with Gasteiger partial charge in [-0.2, -0.15) is 0 Å². The van der Waals surface area contributed by atoms with Crippen molar-refractivity contribution in [1.82, 2.24) is 4.98 Å². The summed E-state index contributed by atoms with van der Waals surface area (Å²) >= 11 is 0. The minimum absolute atomic E-state index is 0.310. The first-order chi connectivity index (χ1) is 8.84. The molecule has 3 rings (SSSR count). The van der Waals surface area contributed by atoms with Crippen LogP contribution in [0.15, 0.2) is 29.3 Å². The lowest BCUT2D eigenvalue weighted by molar-refractivity contribution is 0.444. The van der Waals surface area contributed by atoms with Crippen LogP contribution in [0.3, 0.4) is 0 Å². The van der Waals surface area contributed by atoms with Gasteiger partial charge in [-0.3, -0.25) is 4.99 Å². The van der Waals surface area contributed by atoms with Gasteiger partial charge >= 0.3 is 0 Å². The summed E-state index contributed by atoms with van der Waals surface area (Å²) in [5.41, 5.74) is 1.68. The summed E-state index contributed by atoms with van der Waals surface area (Å²) in [6.45, 7) is 0. The number of para-hydroxylation sites is 1. The fourth-order valence-electron chi connectivity index (χ4n) is 2.65. The number of hydrogen-bond acceptors (Lipinski definition) is 2. The van der Waals surface area contributed by atoms with Gasteiger partial charge in [-0.25, -0.2) is 0 Å². The van der Waals surface area contributed by atoms with Crippen molar-refractivity contribution in [2.45, 2.75) is 38.1 Å². The van der Waals surface area contributed by atoms with Gasteiger partial charge in [0.15, 0.2) is 0 Å². The van der Waals surface area contributed by atoms with Crippen LogP contribution in [-0.2, 0) is 0 Å². The van der Waals surface area contributed by atoms with Gasteiger partial charge in [0, 0.05) is 17.1 Å². The molecule has 0 radical (unpaired) electrons. The summed E-state index contributed by atoms with van der Waals surface area (Å²) in [5.74, 6) is 0.310. The molecule has 0 spiro atoms. The maximum atomic E-state index is 10.1. The minimum atomic E-state index is 0.310. The highest BCUT2D eigenvalue weighted by molar-refractivity contribution is 5.96. The van der Waals surface area contributed by atoms with Crippen LogP contribution in [0.1, 0.15) is 37.8 Å². The van der Waals surface area contributed by atoms with Gasteiger partial charge in [-0.05, 0) is 25.0 Å². The molecular weight excluding hydrogens is 224 g/mol. The zero-order valence-electron chi connectivity index (χ0n) is 10.4. The number of hydrogen-bond donors (Lipinski definition) is 2. The Morgan fingerprint density at radius 2 is 1.94 bits per heavy atom. The normalized spacial score (nSPS) is 17.8. The number of benzene rings is 1. The average Bonchev–Trinajstić information content (AvgIpc) is 2.75. The number of aromatic nitrogens is 1. The van der Waals surface area contributed by atoms with Crippen LogP contribution < -0.4 is 0 Å². The molecule has 0 amide bonds. The standard InChI is InChI=1S/C15H18N2O/c18-15-12-8-4-5-9-13(12)17-14(15)10-16-11-6-2-1-3-7-11/h4-5,8-11,17-18H,1-3,6-7H2. The molecule has 0 atom stereocenters. The first kappa shape index (κ1) is 11.3. The van der Waals surface area contributed by atoms with E-state index < -0.39 is 0 Å². The molecule has 1 aromatic carbocycles. The van der Waals surface area contributed by atoms with Crippen molar-refractivity contribution in [3.63, 3.8) is 0 Å². The van der Waals surface area contributed by atoms with E-state index in [0.717, 1.165) is 16.6 Å². The second-order valence-corrected chi connectivity index (χ2v) is 5.00. The Balaban J connectivity index is 1.85. The van der Waals surface area contributed by atoms with E-state index in [9.17, 15) is 5.11 Å². The smallest absolute Gasteiger partial charge is 0.149 e. The van der Waals surface area contributed by atoms with Gasteiger partial charge in [-0.15, -0.1) is 0 Å². The van der Waals surface area contributed by atoms with Gasteiger partial charge in [0.1, 0.15) is 5.75 Å². The highest BCUT2D eigenvalue weighted by Gasteiger charge is 2.12. The van der Waals surface area contributed by atoms with E-state index in [1.165, 1.54) is 32.1 Å². The van der Waals surface area contributed by atoms with Crippen molar-refractivity contribution in [2.75, 3.05) is 0 Å². The lowest BCUT2D eigenvalue weighted by Gasteiger charge is -2.16. The van der Waals surface area contributed by atoms with Crippen LogP contribution in [0.4, 0.5) is 0 Å². The van der Waals surface area contributed by atoms with E-state index >= 15 is 0 Å². The molecule has 0 unspecified atom stereocenters. The number of fused-ring (bicyclic) bond motifs is 1. The maximum absolute atomic E-state index is 10.1. The number of H-pyrrole nitrogens is 1. The molecule has 0 saturated heterocycles. The third-order valence-corrected chi connectivity index (χ3v) is 3.70. The van der Waals surface area contributed by atoms with Gasteiger partial charge < -0.3 is 10.1 Å². The third-order valence-electron chi connectivity index (χ3n) is 3.70. The first-order valence-electron chi connectivity index (χ1n) is 6.67. The Hall–Kier alpha value is -1.77. The highest BCUT2D eigenvalue weighted by Crippen LogP contribution is 2.28. The minimum Gasteiger partial charge on any atom is -0.505 e. The fourth-order valence-corrected chi connectivity index (χ4v) is 2.65. The molecule has 1 saturated carbocycles. The lowest BCUT2D eigenvalue weighted by Crippen LogP contribution is -2.09. The monoisotopic (exact) mass is 242 g/mol. The quantitative estimate of drug-likeness (QED) is 0.776. The summed E-state index contributed by atoms with van der Waals surface area (Å²) in [7, 11) is 0. The SMILES string of the molecule is Oc1c(C=NC2CCCCC2)[nH]c2ccccc12. The Labute approximate surface area is 107 Å². The van der Waals surface area contributed by atoms with Gasteiger partial charge in [0.25, 0.3) is 0 Å². The van der Waals surface area contributed by atoms with E-state index in [1.54, 1.807) is 6.21 Å². The maximum Gasteiger partial charge on any atom is 0.149 e. The average molecular weight is 242 g/mol. The Morgan fingerprint density at radius 3 is 2.72 bits per heavy atom. The van der Waals surface area contributed by atoms with E-state index in [1.807, 2.05) is 24.3 Å². The summed E-state index contributed by atoms with van der Waals surface area (Å²) in [4.78, 5) is 7.80. The molecule has 1 heterocycles. The van der Waals surface area contributed by atoms with Crippen molar-refractivity contribution in [3.8, 4) is 5.75 Å². The summed E-state index contributed by atoms with van der Waals surface area (Å²) in [6.07, 6.45) is 8.05. The fraction of sp³-hybridized carbons (Fsp3) is 0.400. The predicted molar refractivity (Wildman–Crippen MR) is 74.4 cm³/mol. The predicted octanol–water partition coefficient (Wildman–Crippen LogP) is 3.63. The molecule has 0 bridgehead atoms. The highest BCUT2D eigenvalue weighted by atomic mass is 16.3. The Morgan fingerprint density at radius 1 is 1.17 bits per heavy atom. The number of rotatable bonds is 2. The summed E-state index contributed by atoms with van der Waals surface area (Å²) < 4.78 is 0. The van der Waals surface area contributed by atoms with Crippen molar-refractivity contribution in [1.29, 1.82) is 0 Å². The zero-order valence-corrected chi connectivity index (χ0v) is 10.4. The van der Waals surface area contributed by atoms with Crippen LogP contribution in [0.2, 0.25) is 0 Å². The largest absolute Gasteiger partial charge is 0.505 e. The van der Waals surface area contributed by atoms with Crippen molar-refractivity contribution in [2.24, 2.45) is 4.99 Å². The first-order valence-corrected chi connectivity index (χ1v) is 6.67. The topological polar surface area (TPSA) is 48.4 Å². The van der Waals surface area contributed by atoms with Crippen LogP contribution in [0.25, 0.3) is 10.9 Å².